The Bertz CT molecular complexity index is 850. The number of anilines is 2. The SMILES string of the molecule is C[C@H](Sc1nnc(N2CCCC2)n1C1CC1)C(=O)Nc1ncc(Cl)cc1Cl. The summed E-state index contributed by atoms with van der Waals surface area (Å²) in [6, 6.07) is 2.00. The molecule has 1 atom stereocenters. The summed E-state index contributed by atoms with van der Waals surface area (Å²) >= 11 is 13.3. The van der Waals surface area contributed by atoms with Gasteiger partial charge >= 0.3 is 0 Å². The van der Waals surface area contributed by atoms with E-state index in [-0.39, 0.29) is 11.2 Å². The third-order valence-electron chi connectivity index (χ3n) is 4.65. The Hall–Kier alpha value is -1.51. The second-order valence-corrected chi connectivity index (χ2v) is 8.96. The molecule has 144 valence electrons. The second kappa shape index (κ2) is 7.85. The van der Waals surface area contributed by atoms with E-state index in [0.29, 0.717) is 21.9 Å². The van der Waals surface area contributed by atoms with E-state index in [2.05, 4.69) is 30.0 Å². The molecular formula is C17H20Cl2N6OS. The van der Waals surface area contributed by atoms with Gasteiger partial charge in [-0.25, -0.2) is 4.98 Å². The van der Waals surface area contributed by atoms with Gasteiger partial charge in [-0.15, -0.1) is 10.2 Å². The summed E-state index contributed by atoms with van der Waals surface area (Å²) in [6.07, 6.45) is 6.10. The molecule has 2 aromatic rings. The van der Waals surface area contributed by atoms with Crippen LogP contribution in [0.15, 0.2) is 17.4 Å². The van der Waals surface area contributed by atoms with Gasteiger partial charge in [-0.05, 0) is 38.7 Å². The van der Waals surface area contributed by atoms with E-state index in [4.69, 9.17) is 23.2 Å². The van der Waals surface area contributed by atoms with Gasteiger partial charge in [0.05, 0.1) is 15.3 Å². The van der Waals surface area contributed by atoms with Gasteiger partial charge < -0.3 is 10.2 Å². The first kappa shape index (κ1) is 18.8. The summed E-state index contributed by atoms with van der Waals surface area (Å²) < 4.78 is 2.20. The molecule has 10 heteroatoms. The van der Waals surface area contributed by atoms with Crippen molar-refractivity contribution in [2.45, 2.75) is 49.1 Å². The molecule has 1 saturated carbocycles. The molecule has 0 bridgehead atoms. The molecule has 1 saturated heterocycles. The Balaban J connectivity index is 1.47. The minimum absolute atomic E-state index is 0.190. The number of carbonyl (C=O) groups excluding carboxylic acids is 1. The van der Waals surface area contributed by atoms with Crippen molar-refractivity contribution >= 4 is 52.6 Å². The molecule has 27 heavy (non-hydrogen) atoms. The molecule has 2 aromatic heterocycles. The number of hydrogen-bond acceptors (Lipinski definition) is 6. The third kappa shape index (κ3) is 4.17. The normalized spacial score (nSPS) is 18.0. The first-order chi connectivity index (χ1) is 13.0. The van der Waals surface area contributed by atoms with E-state index in [0.717, 1.165) is 37.0 Å². The van der Waals surface area contributed by atoms with Crippen LogP contribution < -0.4 is 10.2 Å². The maximum atomic E-state index is 12.6. The zero-order valence-electron chi connectivity index (χ0n) is 14.9. The van der Waals surface area contributed by atoms with Gasteiger partial charge in [-0.2, -0.15) is 0 Å². The number of pyridine rings is 1. The van der Waals surface area contributed by atoms with Gasteiger partial charge in [0, 0.05) is 25.3 Å². The van der Waals surface area contributed by atoms with Gasteiger partial charge in [0.2, 0.25) is 11.9 Å². The minimum atomic E-state index is -0.369. The van der Waals surface area contributed by atoms with Crippen molar-refractivity contribution in [2.24, 2.45) is 0 Å². The summed E-state index contributed by atoms with van der Waals surface area (Å²) in [4.78, 5) is 18.9. The number of nitrogens with zero attached hydrogens (tertiary/aromatic N) is 5. The van der Waals surface area contributed by atoms with E-state index in [1.165, 1.54) is 30.8 Å². The summed E-state index contributed by atoms with van der Waals surface area (Å²) in [6.45, 7) is 3.88. The van der Waals surface area contributed by atoms with Gasteiger partial charge in [-0.1, -0.05) is 35.0 Å². The minimum Gasteiger partial charge on any atom is -0.341 e. The van der Waals surface area contributed by atoms with Gasteiger partial charge in [0.1, 0.15) is 0 Å². The largest absolute Gasteiger partial charge is 0.341 e. The number of aromatic nitrogens is 4. The second-order valence-electron chi connectivity index (χ2n) is 6.81. The maximum absolute atomic E-state index is 12.6. The summed E-state index contributed by atoms with van der Waals surface area (Å²) in [5, 5.41) is 12.7. The molecule has 0 unspecified atom stereocenters. The monoisotopic (exact) mass is 426 g/mol. The summed E-state index contributed by atoms with van der Waals surface area (Å²) in [5.74, 6) is 1.05. The van der Waals surface area contributed by atoms with Crippen LogP contribution in [0.3, 0.4) is 0 Å². The molecule has 1 aliphatic heterocycles. The lowest BCUT2D eigenvalue weighted by atomic mass is 10.4. The lowest BCUT2D eigenvalue weighted by molar-refractivity contribution is -0.115. The number of thioether (sulfide) groups is 1. The van der Waals surface area contributed by atoms with Gasteiger partial charge in [0.25, 0.3) is 0 Å². The van der Waals surface area contributed by atoms with Crippen LogP contribution >= 0.6 is 35.0 Å². The van der Waals surface area contributed by atoms with Gasteiger partial charge in [-0.3, -0.25) is 9.36 Å². The Morgan fingerprint density at radius 1 is 1.30 bits per heavy atom. The number of carbonyl (C=O) groups is 1. The van der Waals surface area contributed by atoms with Crippen LogP contribution in [0, 0.1) is 0 Å². The fraction of sp³-hybridized carbons (Fsp3) is 0.529. The smallest absolute Gasteiger partial charge is 0.238 e. The average molecular weight is 427 g/mol. The van der Waals surface area contributed by atoms with E-state index in [9.17, 15) is 4.79 Å². The van der Waals surface area contributed by atoms with Crippen LogP contribution in [0.4, 0.5) is 11.8 Å². The average Bonchev–Trinajstić information content (AvgIpc) is 3.16. The number of halogens is 2. The van der Waals surface area contributed by atoms with E-state index >= 15 is 0 Å². The van der Waals surface area contributed by atoms with Crippen LogP contribution in [0.2, 0.25) is 10.0 Å². The lowest BCUT2D eigenvalue weighted by Gasteiger charge is -2.18. The van der Waals surface area contributed by atoms with Crippen molar-refractivity contribution < 1.29 is 4.79 Å². The van der Waals surface area contributed by atoms with Crippen LogP contribution in [0.25, 0.3) is 0 Å². The Morgan fingerprint density at radius 2 is 2.04 bits per heavy atom. The van der Waals surface area contributed by atoms with Crippen molar-refractivity contribution in [3.8, 4) is 0 Å². The van der Waals surface area contributed by atoms with E-state index in [1.807, 2.05) is 6.92 Å². The van der Waals surface area contributed by atoms with Crippen molar-refractivity contribution in [1.82, 2.24) is 19.7 Å². The highest BCUT2D eigenvalue weighted by Crippen LogP contribution is 2.42. The molecule has 3 heterocycles. The van der Waals surface area contributed by atoms with Crippen LogP contribution in [-0.4, -0.2) is 44.0 Å². The molecule has 1 N–H and O–H groups in total. The van der Waals surface area contributed by atoms with Crippen LogP contribution in [0.5, 0.6) is 0 Å². The first-order valence-electron chi connectivity index (χ1n) is 9.01. The molecule has 0 radical (unpaired) electrons. The molecule has 0 aromatic carbocycles. The van der Waals surface area contributed by atoms with Crippen molar-refractivity contribution in [3.05, 3.63) is 22.3 Å². The molecule has 4 rings (SSSR count). The highest BCUT2D eigenvalue weighted by molar-refractivity contribution is 8.00. The highest BCUT2D eigenvalue weighted by atomic mass is 35.5. The van der Waals surface area contributed by atoms with Crippen molar-refractivity contribution in [1.29, 1.82) is 0 Å². The van der Waals surface area contributed by atoms with Gasteiger partial charge in [0.15, 0.2) is 11.0 Å². The first-order valence-corrected chi connectivity index (χ1v) is 10.6. The number of amides is 1. The quantitative estimate of drug-likeness (QED) is 0.702. The maximum Gasteiger partial charge on any atom is 0.238 e. The topological polar surface area (TPSA) is 75.9 Å². The fourth-order valence-corrected chi connectivity index (χ4v) is 4.41. The number of nitrogens with one attached hydrogen (secondary N) is 1. The molecular weight excluding hydrogens is 407 g/mol. The summed E-state index contributed by atoms with van der Waals surface area (Å²) in [7, 11) is 0. The summed E-state index contributed by atoms with van der Waals surface area (Å²) in [5.41, 5.74) is 0. The standard InChI is InChI=1S/C17H20Cl2N6OS/c1-10(15(26)21-14-13(19)8-11(18)9-20-14)27-17-23-22-16(24-6-2-3-7-24)25(17)12-4-5-12/h8-10,12H,2-7H2,1H3,(H,20,21,26)/t10-/m0/s1. The Morgan fingerprint density at radius 3 is 2.70 bits per heavy atom. The fourth-order valence-electron chi connectivity index (χ4n) is 3.07. The van der Waals surface area contributed by atoms with Crippen LogP contribution in [-0.2, 0) is 4.79 Å². The molecule has 2 aliphatic rings. The van der Waals surface area contributed by atoms with E-state index in [1.54, 1.807) is 6.07 Å². The zero-order chi connectivity index (χ0) is 19.0. The molecule has 0 spiro atoms. The Labute approximate surface area is 171 Å². The van der Waals surface area contributed by atoms with E-state index < -0.39 is 0 Å². The highest BCUT2D eigenvalue weighted by Gasteiger charge is 2.33. The molecule has 7 nitrogen and oxygen atoms in total. The number of hydrogen-bond donors (Lipinski definition) is 1. The zero-order valence-corrected chi connectivity index (χ0v) is 17.2. The van der Waals surface area contributed by atoms with Crippen molar-refractivity contribution in [3.63, 3.8) is 0 Å². The predicted molar refractivity (Wildman–Crippen MR) is 108 cm³/mol. The lowest BCUT2D eigenvalue weighted by Crippen LogP contribution is -2.24. The molecule has 1 aliphatic carbocycles. The predicted octanol–water partition coefficient (Wildman–Crippen LogP) is 4.03. The molecule has 1 amide bonds. The molecule has 2 fully saturated rings. The Kier molecular flexibility index (Phi) is 5.48. The number of rotatable bonds is 6. The third-order valence-corrected chi connectivity index (χ3v) is 6.20. The van der Waals surface area contributed by atoms with Crippen molar-refractivity contribution in [2.75, 3.05) is 23.3 Å². The van der Waals surface area contributed by atoms with Crippen LogP contribution in [0.1, 0.15) is 38.6 Å².